The van der Waals surface area contributed by atoms with E-state index in [-0.39, 0.29) is 31.6 Å². The monoisotopic (exact) mass is 298 g/mol. The molecule has 1 atom stereocenters. The fourth-order valence-electron chi connectivity index (χ4n) is 1.51. The van der Waals surface area contributed by atoms with Crippen molar-refractivity contribution in [1.82, 2.24) is 10.2 Å². The maximum Gasteiger partial charge on any atom is 0.317 e. The second-order valence-corrected chi connectivity index (χ2v) is 4.68. The van der Waals surface area contributed by atoms with Crippen molar-refractivity contribution in [2.24, 2.45) is 0 Å². The molecular weight excluding hydrogens is 279 g/mol. The number of carboxylic acids is 1. The summed E-state index contributed by atoms with van der Waals surface area (Å²) in [6.45, 7) is 2.04. The molecule has 0 saturated heterocycles. The molecule has 6 nitrogen and oxygen atoms in total. The first-order valence-electron chi connectivity index (χ1n) is 6.50. The van der Waals surface area contributed by atoms with Gasteiger partial charge < -0.3 is 20.1 Å². The van der Waals surface area contributed by atoms with Crippen LogP contribution in [0.15, 0.2) is 24.3 Å². The lowest BCUT2D eigenvalue weighted by Gasteiger charge is -2.21. The van der Waals surface area contributed by atoms with Crippen molar-refractivity contribution in [2.45, 2.75) is 19.4 Å². The van der Waals surface area contributed by atoms with Crippen LogP contribution in [0.3, 0.4) is 0 Å². The molecule has 0 aliphatic carbocycles. The predicted octanol–water partition coefficient (Wildman–Crippen LogP) is 1.71. The smallest absolute Gasteiger partial charge is 0.317 e. The van der Waals surface area contributed by atoms with Gasteiger partial charge in [-0.3, -0.25) is 4.79 Å². The standard InChI is InChI=1S/C14H19FN2O4/c1-10(9-21-12-5-3-4-11(15)8-12)16-14(20)17(2)7-6-13(18)19/h3-5,8,10H,6-7,9H2,1-2H3,(H,16,20)(H,18,19). The van der Waals surface area contributed by atoms with E-state index in [9.17, 15) is 14.0 Å². The van der Waals surface area contributed by atoms with Gasteiger partial charge in [-0.05, 0) is 19.1 Å². The molecule has 0 saturated carbocycles. The van der Waals surface area contributed by atoms with Crippen LogP contribution in [0.2, 0.25) is 0 Å². The molecule has 116 valence electrons. The predicted molar refractivity (Wildman–Crippen MR) is 74.8 cm³/mol. The fourth-order valence-corrected chi connectivity index (χ4v) is 1.51. The number of carbonyl (C=O) groups is 2. The van der Waals surface area contributed by atoms with E-state index in [0.29, 0.717) is 5.75 Å². The van der Waals surface area contributed by atoms with E-state index < -0.39 is 11.8 Å². The van der Waals surface area contributed by atoms with E-state index in [0.717, 1.165) is 0 Å². The van der Waals surface area contributed by atoms with Crippen LogP contribution < -0.4 is 10.1 Å². The lowest BCUT2D eigenvalue weighted by Crippen LogP contribution is -2.44. The fraction of sp³-hybridized carbons (Fsp3) is 0.429. The molecule has 0 heterocycles. The molecule has 0 bridgehead atoms. The molecule has 0 spiro atoms. The number of amides is 2. The molecule has 0 aromatic heterocycles. The Morgan fingerprint density at radius 1 is 1.48 bits per heavy atom. The van der Waals surface area contributed by atoms with Gasteiger partial charge in [0.15, 0.2) is 0 Å². The molecule has 0 fully saturated rings. The summed E-state index contributed by atoms with van der Waals surface area (Å²) >= 11 is 0. The van der Waals surface area contributed by atoms with Crippen molar-refractivity contribution in [2.75, 3.05) is 20.2 Å². The number of urea groups is 1. The second-order valence-electron chi connectivity index (χ2n) is 4.68. The minimum absolute atomic E-state index is 0.113. The van der Waals surface area contributed by atoms with Crippen molar-refractivity contribution in [3.05, 3.63) is 30.1 Å². The molecule has 2 N–H and O–H groups in total. The second kappa shape index (κ2) is 8.08. The van der Waals surface area contributed by atoms with Crippen LogP contribution in [-0.4, -0.2) is 48.2 Å². The first-order valence-corrected chi connectivity index (χ1v) is 6.50. The number of nitrogens with zero attached hydrogens (tertiary/aromatic N) is 1. The molecule has 0 aliphatic rings. The Hall–Kier alpha value is -2.31. The number of benzene rings is 1. The summed E-state index contributed by atoms with van der Waals surface area (Å²) in [5.74, 6) is -0.968. The van der Waals surface area contributed by atoms with Crippen LogP contribution >= 0.6 is 0 Å². The van der Waals surface area contributed by atoms with Gasteiger partial charge in [-0.2, -0.15) is 0 Å². The largest absolute Gasteiger partial charge is 0.491 e. The van der Waals surface area contributed by atoms with Crippen molar-refractivity contribution >= 4 is 12.0 Å². The van der Waals surface area contributed by atoms with E-state index in [4.69, 9.17) is 9.84 Å². The number of nitrogens with one attached hydrogen (secondary N) is 1. The number of hydrogen-bond acceptors (Lipinski definition) is 3. The Morgan fingerprint density at radius 3 is 2.81 bits per heavy atom. The zero-order valence-corrected chi connectivity index (χ0v) is 12.0. The minimum Gasteiger partial charge on any atom is -0.491 e. The van der Waals surface area contributed by atoms with Crippen molar-refractivity contribution in [3.63, 3.8) is 0 Å². The highest BCUT2D eigenvalue weighted by molar-refractivity contribution is 5.75. The van der Waals surface area contributed by atoms with E-state index in [1.807, 2.05) is 0 Å². The normalized spacial score (nSPS) is 11.6. The zero-order valence-electron chi connectivity index (χ0n) is 12.0. The maximum absolute atomic E-state index is 13.0. The molecular formula is C14H19FN2O4. The molecule has 2 amide bonds. The quantitative estimate of drug-likeness (QED) is 0.803. The molecule has 0 aliphatic heterocycles. The summed E-state index contributed by atoms with van der Waals surface area (Å²) in [5.41, 5.74) is 0. The van der Waals surface area contributed by atoms with Gasteiger partial charge in [0.05, 0.1) is 12.5 Å². The molecule has 0 radical (unpaired) electrons. The van der Waals surface area contributed by atoms with Gasteiger partial charge in [0.25, 0.3) is 0 Å². The SMILES string of the molecule is CC(COc1cccc(F)c1)NC(=O)N(C)CCC(=O)O. The van der Waals surface area contributed by atoms with Crippen molar-refractivity contribution in [3.8, 4) is 5.75 Å². The number of carboxylic acid groups (broad SMARTS) is 1. The van der Waals surface area contributed by atoms with Gasteiger partial charge in [0.2, 0.25) is 0 Å². The van der Waals surface area contributed by atoms with Crippen LogP contribution in [0.4, 0.5) is 9.18 Å². The number of halogens is 1. The van der Waals surface area contributed by atoms with Gasteiger partial charge in [-0.1, -0.05) is 6.07 Å². The van der Waals surface area contributed by atoms with Crippen LogP contribution in [0, 0.1) is 5.82 Å². The highest BCUT2D eigenvalue weighted by Gasteiger charge is 2.13. The van der Waals surface area contributed by atoms with Crippen LogP contribution in [0.5, 0.6) is 5.75 Å². The van der Waals surface area contributed by atoms with E-state index in [2.05, 4.69) is 5.32 Å². The Bertz CT molecular complexity index is 496. The van der Waals surface area contributed by atoms with Crippen molar-refractivity contribution in [1.29, 1.82) is 0 Å². The van der Waals surface area contributed by atoms with Crippen molar-refractivity contribution < 1.29 is 23.8 Å². The number of ether oxygens (including phenoxy) is 1. The van der Waals surface area contributed by atoms with Crippen LogP contribution in [0.25, 0.3) is 0 Å². The lowest BCUT2D eigenvalue weighted by atomic mass is 10.3. The molecule has 21 heavy (non-hydrogen) atoms. The van der Waals surface area contributed by atoms with E-state index >= 15 is 0 Å². The van der Waals surface area contributed by atoms with Gasteiger partial charge in [0, 0.05) is 19.7 Å². The zero-order chi connectivity index (χ0) is 15.8. The number of rotatable bonds is 7. The van der Waals surface area contributed by atoms with E-state index in [1.54, 1.807) is 13.0 Å². The Morgan fingerprint density at radius 2 is 2.19 bits per heavy atom. The summed E-state index contributed by atoms with van der Waals surface area (Å²) in [6, 6.07) is 5.05. The first kappa shape index (κ1) is 16.7. The van der Waals surface area contributed by atoms with Gasteiger partial charge in [-0.25, -0.2) is 9.18 Å². The van der Waals surface area contributed by atoms with Gasteiger partial charge in [0.1, 0.15) is 18.2 Å². The molecule has 1 aromatic carbocycles. The first-order chi connectivity index (χ1) is 9.88. The third-order valence-electron chi connectivity index (χ3n) is 2.67. The lowest BCUT2D eigenvalue weighted by molar-refractivity contribution is -0.137. The Balaban J connectivity index is 2.34. The molecule has 1 unspecified atom stereocenters. The number of hydrogen-bond donors (Lipinski definition) is 2. The third kappa shape index (κ3) is 6.60. The minimum atomic E-state index is -0.961. The summed E-state index contributed by atoms with van der Waals surface area (Å²) in [4.78, 5) is 23.4. The number of aliphatic carboxylic acids is 1. The third-order valence-corrected chi connectivity index (χ3v) is 2.67. The summed E-state index contributed by atoms with van der Waals surface area (Å²) < 4.78 is 18.3. The summed E-state index contributed by atoms with van der Waals surface area (Å²) in [5, 5.41) is 11.2. The molecule has 1 rings (SSSR count). The highest BCUT2D eigenvalue weighted by atomic mass is 19.1. The van der Waals surface area contributed by atoms with Crippen LogP contribution in [0.1, 0.15) is 13.3 Å². The number of carbonyl (C=O) groups excluding carboxylic acids is 1. The highest BCUT2D eigenvalue weighted by Crippen LogP contribution is 2.11. The average Bonchev–Trinajstić information content (AvgIpc) is 2.42. The summed E-state index contributed by atoms with van der Waals surface area (Å²) in [7, 11) is 1.51. The average molecular weight is 298 g/mol. The van der Waals surface area contributed by atoms with Gasteiger partial charge in [-0.15, -0.1) is 0 Å². The molecule has 1 aromatic rings. The van der Waals surface area contributed by atoms with Gasteiger partial charge >= 0.3 is 12.0 Å². The Kier molecular flexibility index (Phi) is 6.45. The van der Waals surface area contributed by atoms with Crippen LogP contribution in [-0.2, 0) is 4.79 Å². The summed E-state index contributed by atoms with van der Waals surface area (Å²) in [6.07, 6.45) is -0.113. The molecule has 7 heteroatoms. The van der Waals surface area contributed by atoms with E-state index in [1.165, 1.54) is 30.1 Å². The Labute approximate surface area is 122 Å². The topological polar surface area (TPSA) is 78.9 Å². The maximum atomic E-state index is 13.0.